The standard InChI is InChI=1S/C9H10/c1-5-6-2-7(6)9-3-8(5,9)4-9/h2,5,7H,3-4H2,1H3. The summed E-state index contributed by atoms with van der Waals surface area (Å²) in [5, 5.41) is 0. The molecule has 0 bridgehead atoms. The fourth-order valence-corrected chi connectivity index (χ4v) is 3.61. The van der Waals surface area contributed by atoms with Gasteiger partial charge in [0.2, 0.25) is 0 Å². The molecule has 0 radical (unpaired) electrons. The van der Waals surface area contributed by atoms with E-state index in [1.807, 2.05) is 5.57 Å². The van der Waals surface area contributed by atoms with Crippen LogP contribution in [0.25, 0.3) is 0 Å². The second kappa shape index (κ2) is 0.624. The van der Waals surface area contributed by atoms with E-state index in [1.54, 1.807) is 12.8 Å². The maximum atomic E-state index is 2.52. The fraction of sp³-hybridized carbons (Fsp3) is 0.778. The Morgan fingerprint density at radius 1 is 1.44 bits per heavy atom. The first-order chi connectivity index (χ1) is 4.30. The van der Waals surface area contributed by atoms with Crippen LogP contribution in [0.2, 0.25) is 0 Å². The maximum Gasteiger partial charge on any atom is 0.00453 e. The Bertz CT molecular complexity index is 253. The topological polar surface area (TPSA) is 0 Å². The smallest absolute Gasteiger partial charge is 0.00453 e. The van der Waals surface area contributed by atoms with Crippen molar-refractivity contribution in [2.24, 2.45) is 22.7 Å². The largest absolute Gasteiger partial charge is 0.0766 e. The second-order valence-electron chi connectivity index (χ2n) is 4.53. The minimum absolute atomic E-state index is 0.918. The zero-order valence-corrected chi connectivity index (χ0v) is 5.65. The van der Waals surface area contributed by atoms with E-state index in [1.165, 1.54) is 0 Å². The summed E-state index contributed by atoms with van der Waals surface area (Å²) in [6.07, 6.45) is 5.70. The molecule has 0 aromatic carbocycles. The Morgan fingerprint density at radius 3 is 2.56 bits per heavy atom. The lowest BCUT2D eigenvalue weighted by Gasteiger charge is -2.12. The van der Waals surface area contributed by atoms with E-state index in [0.717, 1.165) is 22.7 Å². The van der Waals surface area contributed by atoms with Crippen LogP contribution in [0, 0.1) is 22.7 Å². The molecular formula is C9H10. The van der Waals surface area contributed by atoms with Crippen molar-refractivity contribution in [3.63, 3.8) is 0 Å². The zero-order valence-electron chi connectivity index (χ0n) is 5.65. The van der Waals surface area contributed by atoms with Crippen molar-refractivity contribution in [2.75, 3.05) is 0 Å². The molecule has 0 nitrogen and oxygen atoms in total. The van der Waals surface area contributed by atoms with Crippen LogP contribution in [-0.4, -0.2) is 0 Å². The highest BCUT2D eigenvalue weighted by molar-refractivity contribution is 5.58. The van der Waals surface area contributed by atoms with Gasteiger partial charge in [-0.05, 0) is 29.6 Å². The summed E-state index contributed by atoms with van der Waals surface area (Å²) in [7, 11) is 0. The minimum atomic E-state index is 0.918. The summed E-state index contributed by atoms with van der Waals surface area (Å²) in [5.41, 5.74) is 3.66. The van der Waals surface area contributed by atoms with Gasteiger partial charge in [-0.15, -0.1) is 0 Å². The van der Waals surface area contributed by atoms with Gasteiger partial charge in [0.1, 0.15) is 0 Å². The third-order valence-electron chi connectivity index (χ3n) is 4.54. The highest BCUT2D eigenvalue weighted by Gasteiger charge is 2.93. The highest BCUT2D eigenvalue weighted by Crippen LogP contribution is 3.00. The van der Waals surface area contributed by atoms with Crippen LogP contribution in [0.5, 0.6) is 0 Å². The molecule has 46 valence electrons. The third-order valence-corrected chi connectivity index (χ3v) is 4.54. The molecule has 9 heavy (non-hydrogen) atoms. The van der Waals surface area contributed by atoms with Gasteiger partial charge in [0, 0.05) is 5.92 Å². The predicted molar refractivity (Wildman–Crippen MR) is 34.8 cm³/mol. The van der Waals surface area contributed by atoms with Gasteiger partial charge in [-0.3, -0.25) is 0 Å². The molecule has 4 rings (SSSR count). The summed E-state index contributed by atoms with van der Waals surface area (Å²) in [4.78, 5) is 0. The van der Waals surface area contributed by atoms with E-state index < -0.39 is 0 Å². The van der Waals surface area contributed by atoms with Gasteiger partial charge in [0.15, 0.2) is 0 Å². The maximum absolute atomic E-state index is 2.52. The van der Waals surface area contributed by atoms with Gasteiger partial charge in [-0.25, -0.2) is 0 Å². The van der Waals surface area contributed by atoms with Crippen molar-refractivity contribution in [3.05, 3.63) is 11.6 Å². The van der Waals surface area contributed by atoms with Crippen LogP contribution in [0.1, 0.15) is 19.8 Å². The second-order valence-corrected chi connectivity index (χ2v) is 4.53. The number of fused-ring (bicyclic) bond motifs is 1. The van der Waals surface area contributed by atoms with Gasteiger partial charge >= 0.3 is 0 Å². The molecule has 4 aliphatic rings. The molecule has 0 N–H and O–H groups in total. The minimum Gasteiger partial charge on any atom is -0.0766 e. The number of allylic oxidation sites excluding steroid dienone is 2. The zero-order chi connectivity index (χ0) is 5.85. The van der Waals surface area contributed by atoms with Gasteiger partial charge in [-0.2, -0.15) is 0 Å². The third kappa shape index (κ3) is 0.170. The molecule has 0 heterocycles. The molecule has 2 atom stereocenters. The molecule has 2 unspecified atom stereocenters. The lowest BCUT2D eigenvalue weighted by molar-refractivity contribution is 0.460. The summed E-state index contributed by atoms with van der Waals surface area (Å²) < 4.78 is 0. The lowest BCUT2D eigenvalue weighted by atomic mass is 9.92. The van der Waals surface area contributed by atoms with E-state index >= 15 is 0 Å². The van der Waals surface area contributed by atoms with Crippen molar-refractivity contribution in [3.8, 4) is 0 Å². The monoisotopic (exact) mass is 118 g/mol. The van der Waals surface area contributed by atoms with Crippen LogP contribution in [0.4, 0.5) is 0 Å². The first-order valence-electron chi connectivity index (χ1n) is 4.02. The van der Waals surface area contributed by atoms with E-state index in [9.17, 15) is 0 Å². The first kappa shape index (κ1) is 3.80. The Balaban J connectivity index is 2.03. The Kier molecular flexibility index (Phi) is 0.263. The first-order valence-corrected chi connectivity index (χ1v) is 4.02. The summed E-state index contributed by atoms with van der Waals surface area (Å²) in [6, 6.07) is 0. The normalized spacial score (nSPS) is 78.1. The Labute approximate surface area is 54.9 Å². The van der Waals surface area contributed by atoms with Crippen LogP contribution in [-0.2, 0) is 0 Å². The van der Waals surface area contributed by atoms with Crippen LogP contribution >= 0.6 is 0 Å². The number of rotatable bonds is 0. The van der Waals surface area contributed by atoms with Crippen LogP contribution in [0.3, 0.4) is 0 Å². The van der Waals surface area contributed by atoms with Crippen molar-refractivity contribution in [1.29, 1.82) is 0 Å². The Morgan fingerprint density at radius 2 is 2.22 bits per heavy atom. The highest BCUT2D eigenvalue weighted by atomic mass is 15.0. The molecule has 3 saturated carbocycles. The Hall–Kier alpha value is -0.260. The molecular weight excluding hydrogens is 108 g/mol. The number of hydrogen-bond acceptors (Lipinski definition) is 0. The molecule has 4 aliphatic carbocycles. The van der Waals surface area contributed by atoms with Crippen molar-refractivity contribution >= 4 is 0 Å². The molecule has 0 spiro atoms. The van der Waals surface area contributed by atoms with Crippen molar-refractivity contribution in [1.82, 2.24) is 0 Å². The van der Waals surface area contributed by atoms with Crippen LogP contribution in [0.15, 0.2) is 11.6 Å². The molecule has 0 saturated heterocycles. The van der Waals surface area contributed by atoms with Crippen LogP contribution < -0.4 is 0 Å². The van der Waals surface area contributed by atoms with Gasteiger partial charge in [0.25, 0.3) is 0 Å². The van der Waals surface area contributed by atoms with E-state index in [-0.39, 0.29) is 0 Å². The molecule has 0 amide bonds. The summed E-state index contributed by atoms with van der Waals surface area (Å²) in [6.45, 7) is 2.44. The number of hydrogen-bond donors (Lipinski definition) is 0. The molecule has 0 aliphatic heterocycles. The van der Waals surface area contributed by atoms with E-state index in [2.05, 4.69) is 13.0 Å². The predicted octanol–water partition coefficient (Wildman–Crippen LogP) is 1.97. The molecule has 0 heteroatoms. The van der Waals surface area contributed by atoms with Crippen molar-refractivity contribution < 1.29 is 0 Å². The van der Waals surface area contributed by atoms with Crippen molar-refractivity contribution in [2.45, 2.75) is 19.8 Å². The fourth-order valence-electron chi connectivity index (χ4n) is 3.61. The van der Waals surface area contributed by atoms with Gasteiger partial charge < -0.3 is 0 Å². The molecule has 3 fully saturated rings. The van der Waals surface area contributed by atoms with E-state index in [4.69, 9.17) is 0 Å². The lowest BCUT2D eigenvalue weighted by Crippen LogP contribution is -2.04. The molecule has 0 aromatic rings. The summed E-state index contributed by atoms with van der Waals surface area (Å²) in [5.74, 6) is 2.04. The van der Waals surface area contributed by atoms with E-state index in [0.29, 0.717) is 0 Å². The summed E-state index contributed by atoms with van der Waals surface area (Å²) >= 11 is 0. The average molecular weight is 118 g/mol. The molecule has 0 aromatic heterocycles. The quantitative estimate of drug-likeness (QED) is 0.426. The SMILES string of the molecule is CC1C2=CC2C23CC12C3. The van der Waals surface area contributed by atoms with Gasteiger partial charge in [-0.1, -0.05) is 18.6 Å². The van der Waals surface area contributed by atoms with Gasteiger partial charge in [0.05, 0.1) is 0 Å². The average Bonchev–Trinajstić information content (AvgIpc) is 2.56.